The van der Waals surface area contributed by atoms with Gasteiger partial charge in [-0.05, 0) is 24.3 Å². The molecular formula is C19H26F2IN7. The molecule has 10 heteroatoms. The van der Waals surface area contributed by atoms with Crippen molar-refractivity contribution in [3.63, 3.8) is 0 Å². The molecule has 0 spiro atoms. The number of guanidine groups is 1. The normalized spacial score (nSPS) is 15.0. The molecule has 0 atom stereocenters. The van der Waals surface area contributed by atoms with Crippen LogP contribution in [0.2, 0.25) is 0 Å². The summed E-state index contributed by atoms with van der Waals surface area (Å²) in [6.45, 7) is 5.36. The van der Waals surface area contributed by atoms with Gasteiger partial charge in [0.05, 0.1) is 0 Å². The average Bonchev–Trinajstić information content (AvgIpc) is 2.74. The molecule has 0 aliphatic carbocycles. The molecule has 158 valence electrons. The van der Waals surface area contributed by atoms with Crippen molar-refractivity contribution in [1.29, 1.82) is 0 Å². The molecule has 1 saturated heterocycles. The van der Waals surface area contributed by atoms with Gasteiger partial charge in [0.2, 0.25) is 5.95 Å². The molecule has 2 N–H and O–H groups in total. The maximum absolute atomic E-state index is 13.7. The lowest BCUT2D eigenvalue weighted by Crippen LogP contribution is -2.49. The standard InChI is InChI=1S/C19H25F2N7.HI/c1-22-18(26-14-15-13-16(20)3-4-17(15)21)23-7-8-27-9-11-28(12-10-27)19-24-5-2-6-25-19;/h2-6,13H,7-12,14H2,1H3,(H2,22,23,26);1H. The zero-order valence-corrected chi connectivity index (χ0v) is 18.6. The fourth-order valence-electron chi connectivity index (χ4n) is 3.04. The van der Waals surface area contributed by atoms with Gasteiger partial charge in [0.25, 0.3) is 0 Å². The Morgan fingerprint density at radius 2 is 1.83 bits per heavy atom. The van der Waals surface area contributed by atoms with Crippen molar-refractivity contribution in [1.82, 2.24) is 25.5 Å². The number of piperazine rings is 1. The SMILES string of the molecule is CN=C(NCCN1CCN(c2ncccn2)CC1)NCc1cc(F)ccc1F.I. The quantitative estimate of drug-likeness (QED) is 0.347. The molecule has 7 nitrogen and oxygen atoms in total. The highest BCUT2D eigenvalue weighted by atomic mass is 127. The zero-order chi connectivity index (χ0) is 19.8. The number of hydrogen-bond acceptors (Lipinski definition) is 5. The summed E-state index contributed by atoms with van der Waals surface area (Å²) in [5.74, 6) is 0.431. The minimum absolute atomic E-state index is 0. The van der Waals surface area contributed by atoms with E-state index in [0.717, 1.165) is 50.8 Å². The Balaban J connectivity index is 0.00000300. The highest BCUT2D eigenvalue weighted by molar-refractivity contribution is 14.0. The van der Waals surface area contributed by atoms with E-state index >= 15 is 0 Å². The lowest BCUT2D eigenvalue weighted by Gasteiger charge is -2.34. The Hall–Kier alpha value is -2.08. The third kappa shape index (κ3) is 7.03. The van der Waals surface area contributed by atoms with Crippen LogP contribution in [0.1, 0.15) is 5.56 Å². The second kappa shape index (κ2) is 11.8. The molecule has 0 bridgehead atoms. The molecule has 0 unspecified atom stereocenters. The van der Waals surface area contributed by atoms with Crippen molar-refractivity contribution in [2.75, 3.05) is 51.2 Å². The van der Waals surface area contributed by atoms with E-state index in [0.29, 0.717) is 12.5 Å². The first-order valence-electron chi connectivity index (χ1n) is 9.28. The third-order valence-corrected chi connectivity index (χ3v) is 4.61. The molecule has 0 radical (unpaired) electrons. The van der Waals surface area contributed by atoms with Crippen molar-refractivity contribution in [2.45, 2.75) is 6.54 Å². The maximum Gasteiger partial charge on any atom is 0.225 e. The van der Waals surface area contributed by atoms with Gasteiger partial charge in [-0.15, -0.1) is 24.0 Å². The topological polar surface area (TPSA) is 68.7 Å². The number of halogens is 3. The number of benzene rings is 1. The minimum Gasteiger partial charge on any atom is -0.355 e. The van der Waals surface area contributed by atoms with Crippen LogP contribution in [0.5, 0.6) is 0 Å². The fourth-order valence-corrected chi connectivity index (χ4v) is 3.04. The van der Waals surface area contributed by atoms with E-state index in [1.54, 1.807) is 19.4 Å². The number of nitrogens with zero attached hydrogens (tertiary/aromatic N) is 5. The van der Waals surface area contributed by atoms with Crippen molar-refractivity contribution < 1.29 is 8.78 Å². The Bertz CT molecular complexity index is 783. The third-order valence-electron chi connectivity index (χ3n) is 4.61. The van der Waals surface area contributed by atoms with Gasteiger partial charge in [-0.3, -0.25) is 9.89 Å². The van der Waals surface area contributed by atoms with Crippen LogP contribution in [0.3, 0.4) is 0 Å². The molecule has 2 aromatic rings. The van der Waals surface area contributed by atoms with Crippen LogP contribution in [0.15, 0.2) is 41.7 Å². The van der Waals surface area contributed by atoms with Crippen molar-refractivity contribution >= 4 is 35.9 Å². The number of anilines is 1. The first kappa shape index (κ1) is 23.2. The van der Waals surface area contributed by atoms with E-state index in [2.05, 4.69) is 35.4 Å². The van der Waals surface area contributed by atoms with Crippen LogP contribution >= 0.6 is 24.0 Å². The molecule has 0 saturated carbocycles. The Kier molecular flexibility index (Phi) is 9.45. The zero-order valence-electron chi connectivity index (χ0n) is 16.3. The Morgan fingerprint density at radius 3 is 2.52 bits per heavy atom. The predicted molar refractivity (Wildman–Crippen MR) is 121 cm³/mol. The number of rotatable bonds is 6. The first-order valence-corrected chi connectivity index (χ1v) is 9.28. The van der Waals surface area contributed by atoms with Gasteiger partial charge < -0.3 is 15.5 Å². The summed E-state index contributed by atoms with van der Waals surface area (Å²) in [5, 5.41) is 6.22. The Labute approximate surface area is 186 Å². The van der Waals surface area contributed by atoms with E-state index in [4.69, 9.17) is 0 Å². The monoisotopic (exact) mass is 517 g/mol. The number of nitrogens with one attached hydrogen (secondary N) is 2. The van der Waals surface area contributed by atoms with Gasteiger partial charge in [-0.1, -0.05) is 0 Å². The van der Waals surface area contributed by atoms with Crippen molar-refractivity contribution in [3.05, 3.63) is 53.9 Å². The highest BCUT2D eigenvalue weighted by Crippen LogP contribution is 2.10. The summed E-state index contributed by atoms with van der Waals surface area (Å²) in [5.41, 5.74) is 0.266. The maximum atomic E-state index is 13.7. The fraction of sp³-hybridized carbons (Fsp3) is 0.421. The molecule has 1 aromatic heterocycles. The van der Waals surface area contributed by atoms with Crippen LogP contribution in [0, 0.1) is 11.6 Å². The van der Waals surface area contributed by atoms with E-state index in [9.17, 15) is 8.78 Å². The summed E-state index contributed by atoms with van der Waals surface area (Å²) in [7, 11) is 1.65. The first-order chi connectivity index (χ1) is 13.7. The molecule has 2 heterocycles. The lowest BCUT2D eigenvalue weighted by molar-refractivity contribution is 0.260. The molecule has 1 aliphatic rings. The van der Waals surface area contributed by atoms with Gasteiger partial charge in [-0.2, -0.15) is 0 Å². The smallest absolute Gasteiger partial charge is 0.225 e. The summed E-state index contributed by atoms with van der Waals surface area (Å²) >= 11 is 0. The van der Waals surface area contributed by atoms with E-state index in [-0.39, 0.29) is 36.1 Å². The van der Waals surface area contributed by atoms with Gasteiger partial charge in [0.1, 0.15) is 11.6 Å². The summed E-state index contributed by atoms with van der Waals surface area (Å²) in [6.07, 6.45) is 3.51. The van der Waals surface area contributed by atoms with Gasteiger partial charge in [-0.25, -0.2) is 18.7 Å². The second-order valence-corrected chi connectivity index (χ2v) is 6.47. The van der Waals surface area contributed by atoms with Gasteiger partial charge in [0, 0.05) is 70.8 Å². The predicted octanol–water partition coefficient (Wildman–Crippen LogP) is 1.86. The minimum atomic E-state index is -0.457. The lowest BCUT2D eigenvalue weighted by atomic mass is 10.2. The van der Waals surface area contributed by atoms with Crippen molar-refractivity contribution in [3.8, 4) is 0 Å². The van der Waals surface area contributed by atoms with E-state index in [1.165, 1.54) is 6.07 Å². The molecule has 1 aliphatic heterocycles. The summed E-state index contributed by atoms with van der Waals surface area (Å²) in [6, 6.07) is 5.23. The van der Waals surface area contributed by atoms with Crippen LogP contribution in [-0.4, -0.2) is 67.1 Å². The van der Waals surface area contributed by atoms with Gasteiger partial charge in [0.15, 0.2) is 5.96 Å². The van der Waals surface area contributed by atoms with E-state index in [1.807, 2.05) is 6.07 Å². The Morgan fingerprint density at radius 1 is 1.10 bits per heavy atom. The van der Waals surface area contributed by atoms with Crippen LogP contribution in [-0.2, 0) is 6.54 Å². The molecule has 1 aromatic carbocycles. The van der Waals surface area contributed by atoms with Gasteiger partial charge >= 0.3 is 0 Å². The second-order valence-electron chi connectivity index (χ2n) is 6.47. The molecular weight excluding hydrogens is 491 g/mol. The van der Waals surface area contributed by atoms with Crippen LogP contribution < -0.4 is 15.5 Å². The van der Waals surface area contributed by atoms with Crippen LogP contribution in [0.4, 0.5) is 14.7 Å². The number of hydrogen-bond donors (Lipinski definition) is 2. The largest absolute Gasteiger partial charge is 0.355 e. The van der Waals surface area contributed by atoms with E-state index < -0.39 is 11.6 Å². The summed E-state index contributed by atoms with van der Waals surface area (Å²) in [4.78, 5) is 17.2. The van der Waals surface area contributed by atoms with Crippen LogP contribution in [0.25, 0.3) is 0 Å². The summed E-state index contributed by atoms with van der Waals surface area (Å²) < 4.78 is 26.9. The number of aromatic nitrogens is 2. The van der Waals surface area contributed by atoms with Crippen molar-refractivity contribution in [2.24, 2.45) is 4.99 Å². The highest BCUT2D eigenvalue weighted by Gasteiger charge is 2.18. The molecule has 3 rings (SSSR count). The molecule has 0 amide bonds. The average molecular weight is 517 g/mol. The molecule has 1 fully saturated rings. The number of aliphatic imine (C=N–C) groups is 1. The molecule has 29 heavy (non-hydrogen) atoms.